The van der Waals surface area contributed by atoms with Crippen LogP contribution in [0.25, 0.3) is 0 Å². The fourth-order valence-electron chi connectivity index (χ4n) is 1.95. The lowest BCUT2D eigenvalue weighted by Gasteiger charge is -2.34. The first-order valence-corrected chi connectivity index (χ1v) is 5.70. The normalized spacial score (nSPS) is 19.2. The van der Waals surface area contributed by atoms with Crippen molar-refractivity contribution < 1.29 is 14.4 Å². The van der Waals surface area contributed by atoms with Crippen LogP contribution in [0, 0.1) is 0 Å². The molecule has 0 bridgehead atoms. The summed E-state index contributed by atoms with van der Waals surface area (Å²) >= 11 is 0. The van der Waals surface area contributed by atoms with Gasteiger partial charge in [-0.05, 0) is 25.1 Å². The number of rotatable bonds is 2. The molecule has 0 spiro atoms. The second-order valence-corrected chi connectivity index (χ2v) is 4.35. The van der Waals surface area contributed by atoms with Gasteiger partial charge in [0.05, 0.1) is 17.9 Å². The van der Waals surface area contributed by atoms with Gasteiger partial charge in [-0.3, -0.25) is 19.7 Å². The summed E-state index contributed by atoms with van der Waals surface area (Å²) in [6, 6.07) is 3.96. The number of piperazine rings is 1. The zero-order chi connectivity index (χ0) is 14.2. The Morgan fingerprint density at radius 1 is 1.42 bits per heavy atom. The van der Waals surface area contributed by atoms with Crippen molar-refractivity contribution >= 4 is 29.1 Å². The highest BCUT2D eigenvalue weighted by atomic mass is 16.2. The van der Waals surface area contributed by atoms with Crippen LogP contribution >= 0.6 is 0 Å². The van der Waals surface area contributed by atoms with Crippen molar-refractivity contribution in [1.29, 1.82) is 0 Å². The van der Waals surface area contributed by atoms with Gasteiger partial charge in [0.1, 0.15) is 6.04 Å². The van der Waals surface area contributed by atoms with Crippen LogP contribution in [0.3, 0.4) is 0 Å². The van der Waals surface area contributed by atoms with Gasteiger partial charge >= 0.3 is 0 Å². The van der Waals surface area contributed by atoms with Gasteiger partial charge in [0.2, 0.25) is 17.7 Å². The predicted molar refractivity (Wildman–Crippen MR) is 69.3 cm³/mol. The van der Waals surface area contributed by atoms with Crippen molar-refractivity contribution in [2.45, 2.75) is 13.0 Å². The molecule has 1 aromatic carbocycles. The maximum Gasteiger partial charge on any atom is 0.249 e. The molecule has 0 aromatic heterocycles. The summed E-state index contributed by atoms with van der Waals surface area (Å²) in [7, 11) is 0. The van der Waals surface area contributed by atoms with Crippen LogP contribution < -0.4 is 21.7 Å². The van der Waals surface area contributed by atoms with E-state index in [1.165, 1.54) is 18.2 Å². The Hall–Kier alpha value is -2.57. The number of carbonyl (C=O) groups is 3. The Morgan fingerprint density at radius 3 is 2.74 bits per heavy atom. The molecular weight excluding hydrogens is 248 g/mol. The van der Waals surface area contributed by atoms with Gasteiger partial charge in [0.15, 0.2) is 0 Å². The highest BCUT2D eigenvalue weighted by molar-refractivity contribution is 6.05. The third-order valence-corrected chi connectivity index (χ3v) is 3.05. The fourth-order valence-corrected chi connectivity index (χ4v) is 1.95. The first kappa shape index (κ1) is 12.9. The molecule has 0 aliphatic carbocycles. The molecule has 100 valence electrons. The van der Waals surface area contributed by atoms with E-state index in [4.69, 9.17) is 11.5 Å². The number of nitrogens with two attached hydrogens (primary N) is 2. The van der Waals surface area contributed by atoms with Crippen LogP contribution in [0.1, 0.15) is 17.3 Å². The number of primary amides is 1. The molecule has 7 nitrogen and oxygen atoms in total. The average molecular weight is 262 g/mol. The smallest absolute Gasteiger partial charge is 0.249 e. The quantitative estimate of drug-likeness (QED) is 0.477. The molecule has 1 aliphatic heterocycles. The Morgan fingerprint density at radius 2 is 2.11 bits per heavy atom. The van der Waals surface area contributed by atoms with Crippen LogP contribution in [0.2, 0.25) is 0 Å². The lowest BCUT2D eigenvalue weighted by atomic mass is 10.1. The van der Waals surface area contributed by atoms with Crippen molar-refractivity contribution in [3.05, 3.63) is 23.8 Å². The third-order valence-electron chi connectivity index (χ3n) is 3.05. The highest BCUT2D eigenvalue weighted by Crippen LogP contribution is 2.27. The molecule has 0 radical (unpaired) electrons. The number of hydrogen-bond acceptors (Lipinski definition) is 5. The number of carbonyl (C=O) groups excluding carboxylic acids is 3. The summed E-state index contributed by atoms with van der Waals surface area (Å²) in [5, 5.41) is 2.23. The number of hydrogen-bond donors (Lipinski definition) is 3. The van der Waals surface area contributed by atoms with Crippen molar-refractivity contribution in [3.63, 3.8) is 0 Å². The molecule has 7 heteroatoms. The topological polar surface area (TPSA) is 119 Å². The molecule has 2 rings (SSSR count). The molecule has 19 heavy (non-hydrogen) atoms. The number of nitrogen functional groups attached to an aromatic ring is 1. The number of amides is 3. The zero-order valence-corrected chi connectivity index (χ0v) is 10.3. The minimum atomic E-state index is -0.596. The number of imide groups is 1. The molecule has 1 aromatic rings. The predicted octanol–water partition coefficient (Wildman–Crippen LogP) is -0.781. The molecular formula is C12H14N4O3. The zero-order valence-electron chi connectivity index (χ0n) is 10.3. The van der Waals surface area contributed by atoms with Gasteiger partial charge in [-0.25, -0.2) is 0 Å². The van der Waals surface area contributed by atoms with Crippen molar-refractivity contribution in [2.75, 3.05) is 17.2 Å². The second-order valence-electron chi connectivity index (χ2n) is 4.35. The minimum absolute atomic E-state index is 0.000673. The largest absolute Gasteiger partial charge is 0.397 e. The van der Waals surface area contributed by atoms with Gasteiger partial charge in [-0.1, -0.05) is 0 Å². The maximum atomic E-state index is 11.6. The molecule has 1 aliphatic rings. The number of nitrogens with zero attached hydrogens (tertiary/aromatic N) is 1. The van der Waals surface area contributed by atoms with Crippen LogP contribution in [0.4, 0.5) is 11.4 Å². The average Bonchev–Trinajstić information content (AvgIpc) is 2.34. The van der Waals surface area contributed by atoms with Gasteiger partial charge in [0, 0.05) is 5.56 Å². The van der Waals surface area contributed by atoms with E-state index in [-0.39, 0.29) is 12.1 Å². The van der Waals surface area contributed by atoms with E-state index in [2.05, 4.69) is 5.32 Å². The van der Waals surface area contributed by atoms with Crippen LogP contribution in [-0.4, -0.2) is 30.3 Å². The second kappa shape index (κ2) is 4.60. The molecule has 1 atom stereocenters. The van der Waals surface area contributed by atoms with E-state index >= 15 is 0 Å². The lowest BCUT2D eigenvalue weighted by Crippen LogP contribution is -2.57. The maximum absolute atomic E-state index is 11.6. The summed E-state index contributed by atoms with van der Waals surface area (Å²) in [6.45, 7) is 1.65. The Balaban J connectivity index is 2.44. The van der Waals surface area contributed by atoms with E-state index in [1.54, 1.807) is 11.8 Å². The molecule has 3 amide bonds. The first-order chi connectivity index (χ1) is 8.90. The summed E-state index contributed by atoms with van der Waals surface area (Å²) in [5.74, 6) is -1.41. The fraction of sp³-hybridized carbons (Fsp3) is 0.250. The third kappa shape index (κ3) is 2.35. The Labute approximate surface area is 109 Å². The van der Waals surface area contributed by atoms with E-state index in [9.17, 15) is 14.4 Å². The monoisotopic (exact) mass is 262 g/mol. The van der Waals surface area contributed by atoms with Crippen LogP contribution in [-0.2, 0) is 9.59 Å². The molecule has 1 fully saturated rings. The minimum Gasteiger partial charge on any atom is -0.397 e. The lowest BCUT2D eigenvalue weighted by molar-refractivity contribution is -0.132. The summed E-state index contributed by atoms with van der Waals surface area (Å²) in [6.07, 6.45) is 0. The highest BCUT2D eigenvalue weighted by Gasteiger charge is 2.31. The SMILES string of the molecule is CC1C(=O)NC(=O)CN1c1cc(C(N)=O)ccc1N. The first-order valence-electron chi connectivity index (χ1n) is 5.70. The van der Waals surface area contributed by atoms with Gasteiger partial charge in [-0.2, -0.15) is 0 Å². The van der Waals surface area contributed by atoms with Crippen molar-refractivity contribution in [3.8, 4) is 0 Å². The Bertz CT molecular complexity index is 570. The molecule has 1 heterocycles. The number of anilines is 2. The summed E-state index contributed by atoms with van der Waals surface area (Å²) < 4.78 is 0. The molecule has 1 unspecified atom stereocenters. The van der Waals surface area contributed by atoms with E-state index in [0.29, 0.717) is 11.4 Å². The van der Waals surface area contributed by atoms with Gasteiger partial charge in [-0.15, -0.1) is 0 Å². The summed E-state index contributed by atoms with van der Waals surface area (Å²) in [5.41, 5.74) is 12.1. The van der Waals surface area contributed by atoms with E-state index in [1.807, 2.05) is 0 Å². The Kier molecular flexibility index (Phi) is 3.12. The standard InChI is InChI=1S/C12H14N4O3/c1-6-12(19)15-10(17)5-16(6)9-4-7(11(14)18)2-3-8(9)13/h2-4,6H,5,13H2,1H3,(H2,14,18)(H,15,17,19). The van der Waals surface area contributed by atoms with Crippen molar-refractivity contribution in [1.82, 2.24) is 5.32 Å². The van der Waals surface area contributed by atoms with Crippen molar-refractivity contribution in [2.24, 2.45) is 5.73 Å². The molecule has 1 saturated heterocycles. The number of benzene rings is 1. The van der Waals surface area contributed by atoms with Crippen LogP contribution in [0.5, 0.6) is 0 Å². The van der Waals surface area contributed by atoms with Gasteiger partial charge < -0.3 is 16.4 Å². The molecule has 0 saturated carbocycles. The van der Waals surface area contributed by atoms with E-state index < -0.39 is 23.8 Å². The van der Waals surface area contributed by atoms with E-state index in [0.717, 1.165) is 0 Å². The molecule has 5 N–H and O–H groups in total. The van der Waals surface area contributed by atoms with Gasteiger partial charge in [0.25, 0.3) is 0 Å². The van der Waals surface area contributed by atoms with Crippen LogP contribution in [0.15, 0.2) is 18.2 Å². The summed E-state index contributed by atoms with van der Waals surface area (Å²) in [4.78, 5) is 35.8. The number of nitrogens with one attached hydrogen (secondary N) is 1.